The predicted octanol–water partition coefficient (Wildman–Crippen LogP) is 3.38. The van der Waals surface area contributed by atoms with E-state index in [1.165, 1.54) is 30.6 Å². The monoisotopic (exact) mass is 277 g/mol. The van der Waals surface area contributed by atoms with Gasteiger partial charge < -0.3 is 4.74 Å². The van der Waals surface area contributed by atoms with Gasteiger partial charge in [-0.05, 0) is 24.6 Å². The van der Waals surface area contributed by atoms with E-state index in [2.05, 4.69) is 4.98 Å². The molecule has 0 aliphatic rings. The minimum Gasteiger partial charge on any atom is -0.492 e. The molecule has 0 unspecified atom stereocenters. The molecule has 2 aromatic rings. The molecule has 0 saturated carbocycles. The summed E-state index contributed by atoms with van der Waals surface area (Å²) >= 11 is 0. The van der Waals surface area contributed by atoms with Crippen molar-refractivity contribution in [2.45, 2.75) is 13.3 Å². The highest BCUT2D eigenvalue weighted by Gasteiger charge is 2.17. The summed E-state index contributed by atoms with van der Waals surface area (Å²) in [6, 6.07) is 4.96. The number of aromatic nitrogens is 1. The lowest BCUT2D eigenvalue weighted by Gasteiger charge is -2.06. The molecule has 104 valence electrons. The summed E-state index contributed by atoms with van der Waals surface area (Å²) in [6.45, 7) is 2.44. The Bertz CT molecular complexity index is 629. The molecule has 0 aliphatic carbocycles. The first-order valence-corrected chi connectivity index (χ1v) is 6.20. The van der Waals surface area contributed by atoms with Gasteiger partial charge in [-0.15, -0.1) is 0 Å². The van der Waals surface area contributed by atoms with Crippen LogP contribution in [-0.2, 0) is 0 Å². The van der Waals surface area contributed by atoms with Gasteiger partial charge in [0.2, 0.25) is 0 Å². The molecule has 3 nitrogen and oxygen atoms in total. The Morgan fingerprint density at radius 1 is 1.30 bits per heavy atom. The quantitative estimate of drug-likeness (QED) is 0.786. The summed E-state index contributed by atoms with van der Waals surface area (Å²) in [7, 11) is 0. The normalized spacial score (nSPS) is 10.3. The molecule has 0 amide bonds. The zero-order chi connectivity index (χ0) is 14.5. The van der Waals surface area contributed by atoms with Crippen LogP contribution in [0.25, 0.3) is 0 Å². The number of hydrogen-bond acceptors (Lipinski definition) is 3. The second kappa shape index (κ2) is 6.23. The van der Waals surface area contributed by atoms with Crippen LogP contribution < -0.4 is 4.74 Å². The molecule has 1 heterocycles. The van der Waals surface area contributed by atoms with Gasteiger partial charge >= 0.3 is 0 Å². The maximum absolute atomic E-state index is 13.6. The van der Waals surface area contributed by atoms with Crippen molar-refractivity contribution < 1.29 is 18.3 Å². The Morgan fingerprint density at radius 2 is 2.10 bits per heavy atom. The van der Waals surface area contributed by atoms with E-state index >= 15 is 0 Å². The van der Waals surface area contributed by atoms with Crippen LogP contribution in [0.2, 0.25) is 0 Å². The van der Waals surface area contributed by atoms with E-state index in [4.69, 9.17) is 4.74 Å². The minimum absolute atomic E-state index is 0.156. The van der Waals surface area contributed by atoms with Crippen molar-refractivity contribution in [3.05, 3.63) is 59.4 Å². The average molecular weight is 277 g/mol. The highest BCUT2D eigenvalue weighted by atomic mass is 19.2. The minimum atomic E-state index is -1.16. The van der Waals surface area contributed by atoms with E-state index in [-0.39, 0.29) is 11.1 Å². The first-order chi connectivity index (χ1) is 9.63. The smallest absolute Gasteiger partial charge is 0.197 e. The molecule has 0 atom stereocenters. The number of ether oxygens (including phenoxy) is 1. The third-order valence-corrected chi connectivity index (χ3v) is 2.64. The molecule has 0 radical (unpaired) electrons. The van der Waals surface area contributed by atoms with Crippen LogP contribution in [0.5, 0.6) is 5.75 Å². The first kappa shape index (κ1) is 14.1. The summed E-state index contributed by atoms with van der Waals surface area (Å²) < 4.78 is 32.1. The Hall–Kier alpha value is -2.30. The molecule has 1 aromatic heterocycles. The Kier molecular flexibility index (Phi) is 4.40. The van der Waals surface area contributed by atoms with Crippen molar-refractivity contribution in [2.75, 3.05) is 6.61 Å². The van der Waals surface area contributed by atoms with Crippen LogP contribution in [0.15, 0.2) is 36.7 Å². The van der Waals surface area contributed by atoms with Gasteiger partial charge in [-0.2, -0.15) is 0 Å². The number of rotatable bonds is 5. The average Bonchev–Trinajstić information content (AvgIpc) is 2.47. The third-order valence-electron chi connectivity index (χ3n) is 2.64. The fourth-order valence-corrected chi connectivity index (χ4v) is 1.68. The van der Waals surface area contributed by atoms with E-state index in [9.17, 15) is 13.6 Å². The summed E-state index contributed by atoms with van der Waals surface area (Å²) in [4.78, 5) is 16.0. The fraction of sp³-hybridized carbons (Fsp3) is 0.200. The van der Waals surface area contributed by atoms with E-state index in [1.54, 1.807) is 0 Å². The molecule has 0 fully saturated rings. The molecular weight excluding hydrogens is 264 g/mol. The van der Waals surface area contributed by atoms with Gasteiger partial charge in [-0.3, -0.25) is 9.78 Å². The molecule has 0 bridgehead atoms. The molecule has 0 spiro atoms. The van der Waals surface area contributed by atoms with Gasteiger partial charge in [0.05, 0.1) is 18.4 Å². The number of carbonyl (C=O) groups is 1. The van der Waals surface area contributed by atoms with E-state index in [1.807, 2.05) is 6.92 Å². The number of ketones is 1. The lowest BCUT2D eigenvalue weighted by molar-refractivity contribution is 0.103. The molecule has 20 heavy (non-hydrogen) atoms. The summed E-state index contributed by atoms with van der Waals surface area (Å²) in [5.41, 5.74) is -0.164. The van der Waals surface area contributed by atoms with Crippen molar-refractivity contribution in [3.63, 3.8) is 0 Å². The van der Waals surface area contributed by atoms with Crippen molar-refractivity contribution in [3.8, 4) is 5.75 Å². The van der Waals surface area contributed by atoms with Gasteiger partial charge in [0, 0.05) is 11.8 Å². The van der Waals surface area contributed by atoms with Gasteiger partial charge in [0.25, 0.3) is 0 Å². The molecule has 1 aromatic carbocycles. The molecular formula is C15H13F2NO2. The summed E-state index contributed by atoms with van der Waals surface area (Å²) in [6.07, 6.45) is 3.58. The van der Waals surface area contributed by atoms with Crippen molar-refractivity contribution in [2.24, 2.45) is 0 Å². The third kappa shape index (κ3) is 2.99. The summed E-state index contributed by atoms with van der Waals surface area (Å²) in [5.74, 6) is -2.41. The second-order valence-electron chi connectivity index (χ2n) is 4.19. The second-order valence-corrected chi connectivity index (χ2v) is 4.19. The number of halogens is 2. The standard InChI is InChI=1S/C15H13F2NO2/c1-2-6-20-11-7-10(8-18-9-11)15(19)12-4-3-5-13(16)14(12)17/h3-5,7-9H,2,6H2,1H3. The number of carbonyl (C=O) groups excluding carboxylic acids is 1. The van der Waals surface area contributed by atoms with Crippen LogP contribution in [0.1, 0.15) is 29.3 Å². The zero-order valence-electron chi connectivity index (χ0n) is 10.9. The lowest BCUT2D eigenvalue weighted by Crippen LogP contribution is -2.07. The van der Waals surface area contributed by atoms with Gasteiger partial charge in [-0.25, -0.2) is 8.78 Å². The fourth-order valence-electron chi connectivity index (χ4n) is 1.68. The highest BCUT2D eigenvalue weighted by molar-refractivity contribution is 6.09. The SMILES string of the molecule is CCCOc1cncc(C(=O)c2cccc(F)c2F)c1. The van der Waals surface area contributed by atoms with Crippen LogP contribution in [0.4, 0.5) is 8.78 Å². The molecule has 0 saturated heterocycles. The number of benzene rings is 1. The Labute approximate surface area is 115 Å². The molecule has 0 N–H and O–H groups in total. The molecule has 2 rings (SSSR count). The van der Waals surface area contributed by atoms with E-state index in [0.717, 1.165) is 12.5 Å². The van der Waals surface area contributed by atoms with Gasteiger partial charge in [0.15, 0.2) is 17.4 Å². The van der Waals surface area contributed by atoms with Gasteiger partial charge in [0.1, 0.15) is 5.75 Å². The number of nitrogens with zero attached hydrogens (tertiary/aromatic N) is 1. The maximum atomic E-state index is 13.6. The number of hydrogen-bond donors (Lipinski definition) is 0. The summed E-state index contributed by atoms with van der Waals surface area (Å²) in [5, 5.41) is 0. The van der Waals surface area contributed by atoms with Gasteiger partial charge in [-0.1, -0.05) is 13.0 Å². The molecule has 0 aliphatic heterocycles. The lowest BCUT2D eigenvalue weighted by atomic mass is 10.0. The van der Waals surface area contributed by atoms with Crippen LogP contribution >= 0.6 is 0 Å². The largest absolute Gasteiger partial charge is 0.492 e. The predicted molar refractivity (Wildman–Crippen MR) is 69.8 cm³/mol. The topological polar surface area (TPSA) is 39.2 Å². The zero-order valence-corrected chi connectivity index (χ0v) is 10.9. The first-order valence-electron chi connectivity index (χ1n) is 6.20. The van der Waals surface area contributed by atoms with Crippen LogP contribution in [0.3, 0.4) is 0 Å². The number of pyridine rings is 1. The van der Waals surface area contributed by atoms with E-state index < -0.39 is 17.4 Å². The highest BCUT2D eigenvalue weighted by Crippen LogP contribution is 2.18. The van der Waals surface area contributed by atoms with Crippen LogP contribution in [0, 0.1) is 11.6 Å². The van der Waals surface area contributed by atoms with Crippen LogP contribution in [-0.4, -0.2) is 17.4 Å². The van der Waals surface area contributed by atoms with Crippen molar-refractivity contribution in [1.29, 1.82) is 0 Å². The molecule has 5 heteroatoms. The maximum Gasteiger partial charge on any atom is 0.197 e. The van der Waals surface area contributed by atoms with Crippen molar-refractivity contribution in [1.82, 2.24) is 4.98 Å². The van der Waals surface area contributed by atoms with E-state index in [0.29, 0.717) is 12.4 Å². The Balaban J connectivity index is 2.31. The van der Waals surface area contributed by atoms with Crippen molar-refractivity contribution >= 4 is 5.78 Å². The Morgan fingerprint density at radius 3 is 2.85 bits per heavy atom.